The van der Waals surface area contributed by atoms with E-state index in [0.717, 1.165) is 16.7 Å². The topological polar surface area (TPSA) is 83.5 Å². The standard InChI is InChI=1S/C28H28O7/c1-31-28-23(29)25(24-21(33-28)17-32-27(35-24)20-15-9-4-10-16-20)34-26(30)22(18-11-5-2-6-12-18)19-13-7-3-8-14-19/h2-16,21-25,27-29H,17H2,1H3/t21-,23-,24-,25-,27-,28+/m1/s1. The van der Waals surface area contributed by atoms with Gasteiger partial charge in [-0.05, 0) is 11.1 Å². The molecular weight excluding hydrogens is 448 g/mol. The molecule has 3 aromatic rings. The summed E-state index contributed by atoms with van der Waals surface area (Å²) in [4.78, 5) is 13.7. The van der Waals surface area contributed by atoms with Crippen LogP contribution < -0.4 is 0 Å². The highest BCUT2D eigenvalue weighted by molar-refractivity contribution is 5.82. The van der Waals surface area contributed by atoms with Gasteiger partial charge in [0.05, 0.1) is 6.61 Å². The van der Waals surface area contributed by atoms with Gasteiger partial charge in [-0.25, -0.2) is 0 Å². The number of esters is 1. The number of aliphatic hydroxyl groups is 1. The molecule has 6 atom stereocenters. The Morgan fingerprint density at radius 2 is 1.46 bits per heavy atom. The van der Waals surface area contributed by atoms with Crippen LogP contribution in [0.4, 0.5) is 0 Å². The van der Waals surface area contributed by atoms with Crippen LogP contribution in [0.3, 0.4) is 0 Å². The number of fused-ring (bicyclic) bond motifs is 1. The van der Waals surface area contributed by atoms with Crippen LogP contribution in [0.15, 0.2) is 91.0 Å². The Hall–Kier alpha value is -3.07. The first-order valence-corrected chi connectivity index (χ1v) is 11.6. The van der Waals surface area contributed by atoms with Crippen molar-refractivity contribution in [3.05, 3.63) is 108 Å². The largest absolute Gasteiger partial charge is 0.456 e. The zero-order chi connectivity index (χ0) is 24.2. The molecule has 0 aliphatic carbocycles. The molecule has 0 aromatic heterocycles. The fourth-order valence-electron chi connectivity index (χ4n) is 4.63. The van der Waals surface area contributed by atoms with Crippen molar-refractivity contribution in [1.82, 2.24) is 0 Å². The van der Waals surface area contributed by atoms with Gasteiger partial charge >= 0.3 is 5.97 Å². The molecule has 2 fully saturated rings. The van der Waals surface area contributed by atoms with Crippen molar-refractivity contribution in [3.63, 3.8) is 0 Å². The predicted octanol–water partition coefficient (Wildman–Crippen LogP) is 3.58. The van der Waals surface area contributed by atoms with Gasteiger partial charge in [-0.2, -0.15) is 0 Å². The monoisotopic (exact) mass is 476 g/mol. The number of rotatable bonds is 6. The van der Waals surface area contributed by atoms with Gasteiger partial charge in [0, 0.05) is 12.7 Å². The van der Waals surface area contributed by atoms with E-state index in [2.05, 4.69) is 0 Å². The average Bonchev–Trinajstić information content (AvgIpc) is 2.92. The van der Waals surface area contributed by atoms with Crippen molar-refractivity contribution in [2.75, 3.05) is 13.7 Å². The van der Waals surface area contributed by atoms with E-state index in [1.54, 1.807) is 0 Å². The first-order chi connectivity index (χ1) is 17.2. The van der Waals surface area contributed by atoms with E-state index in [-0.39, 0.29) is 6.61 Å². The van der Waals surface area contributed by atoms with Crippen LogP contribution in [0.25, 0.3) is 0 Å². The Bertz CT molecular complexity index is 1050. The molecule has 35 heavy (non-hydrogen) atoms. The first kappa shape index (κ1) is 23.7. The highest BCUT2D eigenvalue weighted by Crippen LogP contribution is 2.37. The molecule has 0 bridgehead atoms. The lowest BCUT2D eigenvalue weighted by molar-refractivity contribution is -0.359. The number of hydrogen-bond donors (Lipinski definition) is 1. The molecule has 2 heterocycles. The maximum absolute atomic E-state index is 13.7. The lowest BCUT2D eigenvalue weighted by atomic mass is 9.91. The summed E-state index contributed by atoms with van der Waals surface area (Å²) in [6.45, 7) is 0.200. The molecule has 1 N–H and O–H groups in total. The van der Waals surface area contributed by atoms with Crippen molar-refractivity contribution in [2.24, 2.45) is 0 Å². The summed E-state index contributed by atoms with van der Waals surface area (Å²) in [6.07, 6.45) is -5.24. The van der Waals surface area contributed by atoms with Crippen LogP contribution in [0.5, 0.6) is 0 Å². The minimum absolute atomic E-state index is 0.200. The molecule has 0 unspecified atom stereocenters. The van der Waals surface area contributed by atoms with Crippen LogP contribution in [-0.2, 0) is 28.5 Å². The molecule has 3 aromatic carbocycles. The quantitative estimate of drug-likeness (QED) is 0.545. The molecule has 5 rings (SSSR count). The van der Waals surface area contributed by atoms with Crippen molar-refractivity contribution < 1.29 is 33.6 Å². The molecular formula is C28H28O7. The highest BCUT2D eigenvalue weighted by Gasteiger charge is 2.52. The lowest BCUT2D eigenvalue weighted by Crippen LogP contribution is -2.63. The Balaban J connectivity index is 1.43. The fraction of sp³-hybridized carbons (Fsp3) is 0.321. The third kappa shape index (κ3) is 5.00. The number of benzene rings is 3. The number of carbonyl (C=O) groups is 1. The third-order valence-electron chi connectivity index (χ3n) is 6.36. The van der Waals surface area contributed by atoms with Crippen molar-refractivity contribution >= 4 is 5.97 Å². The molecule has 2 aliphatic heterocycles. The van der Waals surface area contributed by atoms with Gasteiger partial charge in [0.25, 0.3) is 0 Å². The smallest absolute Gasteiger partial charge is 0.318 e. The molecule has 0 spiro atoms. The number of hydrogen-bond acceptors (Lipinski definition) is 7. The van der Waals surface area contributed by atoms with E-state index in [4.69, 9.17) is 23.7 Å². The van der Waals surface area contributed by atoms with E-state index >= 15 is 0 Å². The first-order valence-electron chi connectivity index (χ1n) is 11.6. The van der Waals surface area contributed by atoms with Gasteiger partial charge in [0.1, 0.15) is 24.2 Å². The van der Waals surface area contributed by atoms with Gasteiger partial charge in [-0.15, -0.1) is 0 Å². The second-order valence-corrected chi connectivity index (χ2v) is 8.60. The predicted molar refractivity (Wildman–Crippen MR) is 126 cm³/mol. The van der Waals surface area contributed by atoms with E-state index in [9.17, 15) is 9.90 Å². The molecule has 0 radical (unpaired) electrons. The molecule has 182 valence electrons. The van der Waals surface area contributed by atoms with Gasteiger partial charge in [-0.3, -0.25) is 4.79 Å². The molecule has 2 saturated heterocycles. The van der Waals surface area contributed by atoms with Gasteiger partial charge in [0.2, 0.25) is 0 Å². The van der Waals surface area contributed by atoms with Crippen molar-refractivity contribution in [1.29, 1.82) is 0 Å². The Morgan fingerprint density at radius 1 is 0.886 bits per heavy atom. The summed E-state index contributed by atoms with van der Waals surface area (Å²) in [5, 5.41) is 11.0. The fourth-order valence-corrected chi connectivity index (χ4v) is 4.63. The maximum atomic E-state index is 13.7. The lowest BCUT2D eigenvalue weighted by Gasteiger charge is -2.47. The summed E-state index contributed by atoms with van der Waals surface area (Å²) in [7, 11) is 1.43. The number of ether oxygens (including phenoxy) is 5. The molecule has 0 saturated carbocycles. The number of aliphatic hydroxyl groups excluding tert-OH is 1. The molecule has 7 nitrogen and oxygen atoms in total. The van der Waals surface area contributed by atoms with E-state index in [0.29, 0.717) is 0 Å². The Morgan fingerprint density at radius 3 is 2.03 bits per heavy atom. The maximum Gasteiger partial charge on any atom is 0.318 e. The zero-order valence-corrected chi connectivity index (χ0v) is 19.3. The van der Waals surface area contributed by atoms with E-state index < -0.39 is 48.9 Å². The van der Waals surface area contributed by atoms with Gasteiger partial charge in [-0.1, -0.05) is 91.0 Å². The minimum atomic E-state index is -1.24. The van der Waals surface area contributed by atoms with Gasteiger partial charge < -0.3 is 28.8 Å². The summed E-state index contributed by atoms with van der Waals surface area (Å²) >= 11 is 0. The van der Waals surface area contributed by atoms with E-state index in [1.165, 1.54) is 7.11 Å². The summed E-state index contributed by atoms with van der Waals surface area (Å²) in [5.41, 5.74) is 2.41. The average molecular weight is 477 g/mol. The summed E-state index contributed by atoms with van der Waals surface area (Å²) < 4.78 is 29.3. The van der Waals surface area contributed by atoms with Gasteiger partial charge in [0.15, 0.2) is 18.7 Å². The Labute approximate surface area is 204 Å². The van der Waals surface area contributed by atoms with E-state index in [1.807, 2.05) is 91.0 Å². The normalized spacial score (nSPS) is 28.3. The zero-order valence-electron chi connectivity index (χ0n) is 19.3. The van der Waals surface area contributed by atoms with Crippen LogP contribution in [0, 0.1) is 0 Å². The number of methoxy groups -OCH3 is 1. The highest BCUT2D eigenvalue weighted by atomic mass is 16.8. The number of carbonyl (C=O) groups excluding carboxylic acids is 1. The van der Waals surface area contributed by atoms with Crippen molar-refractivity contribution in [3.8, 4) is 0 Å². The minimum Gasteiger partial charge on any atom is -0.456 e. The van der Waals surface area contributed by atoms with Crippen molar-refractivity contribution in [2.45, 2.75) is 42.9 Å². The second kappa shape index (κ2) is 10.7. The second-order valence-electron chi connectivity index (χ2n) is 8.60. The molecule has 2 aliphatic rings. The Kier molecular flexibility index (Phi) is 7.22. The molecule has 0 amide bonds. The van der Waals surface area contributed by atoms with Crippen LogP contribution >= 0.6 is 0 Å². The van der Waals surface area contributed by atoms with Crippen LogP contribution in [0.2, 0.25) is 0 Å². The SMILES string of the molecule is CO[C@H]1O[C@@H]2CO[C@@H](c3ccccc3)O[C@H]2[C@H](OC(=O)C(c2ccccc2)c2ccccc2)[C@H]1O. The molecule has 7 heteroatoms. The van der Waals surface area contributed by atoms with Crippen LogP contribution in [0.1, 0.15) is 28.9 Å². The summed E-state index contributed by atoms with van der Waals surface area (Å²) in [5.74, 6) is -1.16. The third-order valence-corrected chi connectivity index (χ3v) is 6.36. The summed E-state index contributed by atoms with van der Waals surface area (Å²) in [6, 6.07) is 28.3. The van der Waals surface area contributed by atoms with Crippen LogP contribution in [-0.4, -0.2) is 55.5 Å².